The molecule has 1 amide bonds. The third-order valence-corrected chi connectivity index (χ3v) is 5.28. The molecule has 1 aromatic carbocycles. The first-order chi connectivity index (χ1) is 13.4. The molecule has 3 aromatic rings. The van der Waals surface area contributed by atoms with E-state index in [0.717, 1.165) is 22.4 Å². The largest absolute Gasteiger partial charge is 0.469 e. The summed E-state index contributed by atoms with van der Waals surface area (Å²) in [7, 11) is 0. The summed E-state index contributed by atoms with van der Waals surface area (Å²) in [6.45, 7) is 10.3. The molecule has 0 spiro atoms. The lowest BCUT2D eigenvalue weighted by molar-refractivity contribution is -0.113. The van der Waals surface area contributed by atoms with Gasteiger partial charge in [0.25, 0.3) is 11.1 Å². The van der Waals surface area contributed by atoms with Gasteiger partial charge in [-0.3, -0.25) is 4.79 Å². The van der Waals surface area contributed by atoms with Crippen LogP contribution < -0.4 is 5.32 Å². The van der Waals surface area contributed by atoms with Crippen LogP contribution in [0.2, 0.25) is 0 Å². The minimum Gasteiger partial charge on any atom is -0.469 e. The van der Waals surface area contributed by atoms with Gasteiger partial charge in [0, 0.05) is 5.69 Å². The maximum Gasteiger partial charge on any atom is 0.277 e. The lowest BCUT2D eigenvalue weighted by atomic mass is 9.92. The van der Waals surface area contributed by atoms with Gasteiger partial charge in [0.05, 0.1) is 17.6 Å². The summed E-state index contributed by atoms with van der Waals surface area (Å²) in [5.74, 6) is 1.83. The smallest absolute Gasteiger partial charge is 0.277 e. The van der Waals surface area contributed by atoms with Gasteiger partial charge in [0.1, 0.15) is 5.76 Å². The van der Waals surface area contributed by atoms with E-state index in [0.29, 0.717) is 28.7 Å². The molecule has 2 aromatic heterocycles. The van der Waals surface area contributed by atoms with Crippen LogP contribution >= 0.6 is 11.8 Å². The van der Waals surface area contributed by atoms with E-state index >= 15 is 0 Å². The summed E-state index contributed by atoms with van der Waals surface area (Å²) < 4.78 is 10.9. The highest BCUT2D eigenvalue weighted by Gasteiger charge is 2.18. The fourth-order valence-corrected chi connectivity index (χ4v) is 3.55. The molecule has 7 heteroatoms. The molecule has 0 saturated carbocycles. The lowest BCUT2D eigenvalue weighted by Gasteiger charge is -2.20. The Hall–Kier alpha value is -2.54. The van der Waals surface area contributed by atoms with Gasteiger partial charge in [-0.15, -0.1) is 10.2 Å². The van der Waals surface area contributed by atoms with E-state index in [1.54, 1.807) is 12.3 Å². The predicted molar refractivity (Wildman–Crippen MR) is 111 cm³/mol. The third-order valence-electron chi connectivity index (χ3n) is 4.46. The summed E-state index contributed by atoms with van der Waals surface area (Å²) in [5.41, 5.74) is 3.95. The standard InChI is InChI=1S/C21H25N3O3S/c1-12(2)15-7-6-8-16(13(3)4)19(15)22-18(25)11-28-21-24-23-20(27-21)17-9-10-26-14(17)5/h6-10,12-13H,11H2,1-5H3,(H,22,25). The number of nitrogens with zero attached hydrogens (tertiary/aromatic N) is 2. The highest BCUT2D eigenvalue weighted by atomic mass is 32.2. The Labute approximate surface area is 169 Å². The van der Waals surface area contributed by atoms with E-state index in [4.69, 9.17) is 8.83 Å². The van der Waals surface area contributed by atoms with Crippen molar-refractivity contribution in [2.45, 2.75) is 51.7 Å². The van der Waals surface area contributed by atoms with Crippen LogP contribution in [0.15, 0.2) is 44.6 Å². The molecule has 0 radical (unpaired) electrons. The highest BCUT2D eigenvalue weighted by molar-refractivity contribution is 7.99. The van der Waals surface area contributed by atoms with Gasteiger partial charge >= 0.3 is 0 Å². The number of hydrogen-bond acceptors (Lipinski definition) is 6. The highest BCUT2D eigenvalue weighted by Crippen LogP contribution is 2.33. The molecule has 0 saturated heterocycles. The Balaban J connectivity index is 1.69. The number of para-hydroxylation sites is 1. The SMILES string of the molecule is Cc1occc1-c1nnc(SCC(=O)Nc2c(C(C)C)cccc2C(C)C)o1. The third kappa shape index (κ3) is 4.47. The van der Waals surface area contributed by atoms with E-state index in [1.165, 1.54) is 11.8 Å². The summed E-state index contributed by atoms with van der Waals surface area (Å²) in [5, 5.41) is 11.5. The first-order valence-electron chi connectivity index (χ1n) is 9.30. The maximum absolute atomic E-state index is 12.6. The zero-order chi connectivity index (χ0) is 20.3. The molecule has 0 unspecified atom stereocenters. The Bertz CT molecular complexity index is 933. The average molecular weight is 400 g/mol. The van der Waals surface area contributed by atoms with Gasteiger partial charge in [-0.2, -0.15) is 0 Å². The van der Waals surface area contributed by atoms with Crippen molar-refractivity contribution in [1.82, 2.24) is 10.2 Å². The van der Waals surface area contributed by atoms with Gasteiger partial charge in [0.2, 0.25) is 5.91 Å². The molecule has 2 heterocycles. The molecule has 0 aliphatic carbocycles. The van der Waals surface area contributed by atoms with Crippen LogP contribution in [0.4, 0.5) is 5.69 Å². The number of nitrogens with one attached hydrogen (secondary N) is 1. The summed E-state index contributed by atoms with van der Waals surface area (Å²) in [6.07, 6.45) is 1.58. The molecule has 28 heavy (non-hydrogen) atoms. The molecule has 148 valence electrons. The van der Waals surface area contributed by atoms with Gasteiger partial charge < -0.3 is 14.2 Å². The topological polar surface area (TPSA) is 81.2 Å². The quantitative estimate of drug-likeness (QED) is 0.520. The van der Waals surface area contributed by atoms with Crippen LogP contribution in [0.25, 0.3) is 11.5 Å². The van der Waals surface area contributed by atoms with E-state index in [-0.39, 0.29) is 11.7 Å². The number of benzene rings is 1. The Morgan fingerprint density at radius 2 is 1.79 bits per heavy atom. The van der Waals surface area contributed by atoms with E-state index < -0.39 is 0 Å². The molecule has 0 aliphatic heterocycles. The van der Waals surface area contributed by atoms with Crippen molar-refractivity contribution in [2.24, 2.45) is 0 Å². The molecular formula is C21H25N3O3S. The molecule has 0 fully saturated rings. The molecule has 6 nitrogen and oxygen atoms in total. The normalized spacial score (nSPS) is 11.4. The number of aromatic nitrogens is 2. The monoisotopic (exact) mass is 399 g/mol. The Morgan fingerprint density at radius 3 is 2.36 bits per heavy atom. The maximum atomic E-state index is 12.6. The number of carbonyl (C=O) groups excluding carboxylic acids is 1. The molecule has 0 bridgehead atoms. The van der Waals surface area contributed by atoms with Crippen molar-refractivity contribution in [3.05, 3.63) is 47.4 Å². The Morgan fingerprint density at radius 1 is 1.11 bits per heavy atom. The summed E-state index contributed by atoms with van der Waals surface area (Å²) in [4.78, 5) is 12.6. The van der Waals surface area contributed by atoms with E-state index in [9.17, 15) is 4.79 Å². The predicted octanol–water partition coefficient (Wildman–Crippen LogP) is 5.62. The van der Waals surface area contributed by atoms with Crippen molar-refractivity contribution in [1.29, 1.82) is 0 Å². The summed E-state index contributed by atoms with van der Waals surface area (Å²) >= 11 is 1.22. The van der Waals surface area contributed by atoms with Crippen molar-refractivity contribution in [3.63, 3.8) is 0 Å². The van der Waals surface area contributed by atoms with Crippen molar-refractivity contribution < 1.29 is 13.6 Å². The number of furan rings is 1. The molecular weight excluding hydrogens is 374 g/mol. The van der Waals surface area contributed by atoms with Gasteiger partial charge in [-0.05, 0) is 36.0 Å². The van der Waals surface area contributed by atoms with Crippen LogP contribution in [0.1, 0.15) is 56.4 Å². The van der Waals surface area contributed by atoms with Gasteiger partial charge in [-0.25, -0.2) is 0 Å². The zero-order valence-corrected chi connectivity index (χ0v) is 17.6. The van der Waals surface area contributed by atoms with Gasteiger partial charge in [0.15, 0.2) is 0 Å². The van der Waals surface area contributed by atoms with Crippen LogP contribution in [0.5, 0.6) is 0 Å². The Kier molecular flexibility index (Phi) is 6.24. The van der Waals surface area contributed by atoms with Crippen molar-refractivity contribution in [3.8, 4) is 11.5 Å². The van der Waals surface area contributed by atoms with Crippen molar-refractivity contribution in [2.75, 3.05) is 11.1 Å². The number of thioether (sulfide) groups is 1. The minimum absolute atomic E-state index is 0.0979. The van der Waals surface area contributed by atoms with Crippen LogP contribution in [-0.2, 0) is 4.79 Å². The number of anilines is 1. The molecule has 0 aliphatic rings. The number of amides is 1. The van der Waals surface area contributed by atoms with Crippen molar-refractivity contribution >= 4 is 23.4 Å². The van der Waals surface area contributed by atoms with Crippen LogP contribution in [-0.4, -0.2) is 21.9 Å². The first kappa shape index (κ1) is 20.2. The van der Waals surface area contributed by atoms with Gasteiger partial charge in [-0.1, -0.05) is 57.7 Å². The zero-order valence-electron chi connectivity index (χ0n) is 16.8. The average Bonchev–Trinajstić information content (AvgIpc) is 3.28. The minimum atomic E-state index is -0.0979. The number of hydrogen-bond donors (Lipinski definition) is 1. The van der Waals surface area contributed by atoms with E-state index in [1.807, 2.05) is 13.0 Å². The van der Waals surface area contributed by atoms with Crippen LogP contribution in [0, 0.1) is 6.92 Å². The second-order valence-electron chi connectivity index (χ2n) is 7.22. The van der Waals surface area contributed by atoms with Crippen LogP contribution in [0.3, 0.4) is 0 Å². The number of carbonyl (C=O) groups is 1. The molecule has 0 atom stereocenters. The number of rotatable bonds is 7. The fraction of sp³-hybridized carbons (Fsp3) is 0.381. The summed E-state index contributed by atoms with van der Waals surface area (Å²) in [6, 6.07) is 7.96. The second kappa shape index (κ2) is 8.65. The lowest BCUT2D eigenvalue weighted by Crippen LogP contribution is -2.17. The first-order valence-corrected chi connectivity index (χ1v) is 10.3. The number of aryl methyl sites for hydroxylation is 1. The fourth-order valence-electron chi connectivity index (χ4n) is 2.98. The molecule has 1 N–H and O–H groups in total. The molecule has 3 rings (SSSR count). The van der Waals surface area contributed by atoms with E-state index in [2.05, 4.69) is 55.3 Å². The second-order valence-corrected chi connectivity index (χ2v) is 8.15.